The zero-order valence-corrected chi connectivity index (χ0v) is 13.4. The van der Waals surface area contributed by atoms with Crippen molar-refractivity contribution in [2.24, 2.45) is 0 Å². The first-order chi connectivity index (χ1) is 10.9. The Morgan fingerprint density at radius 2 is 1.78 bits per heavy atom. The van der Waals surface area contributed by atoms with E-state index in [2.05, 4.69) is 0 Å². The molecule has 1 aliphatic rings. The molecule has 2 aromatic carbocycles. The first kappa shape index (κ1) is 15.3. The fourth-order valence-electron chi connectivity index (χ4n) is 3.47. The Morgan fingerprint density at radius 3 is 2.43 bits per heavy atom. The number of fused-ring (bicyclic) bond motifs is 1. The van der Waals surface area contributed by atoms with Gasteiger partial charge in [-0.3, -0.25) is 4.79 Å². The van der Waals surface area contributed by atoms with Crippen LogP contribution in [-0.4, -0.2) is 23.8 Å². The average Bonchev–Trinajstić information content (AvgIpc) is 2.51. The number of carbonyl (C=O) groups is 2. The molecule has 0 aliphatic carbocycles. The Morgan fingerprint density at radius 1 is 1.09 bits per heavy atom. The molecule has 1 amide bonds. The largest absolute Gasteiger partial charge is 0.549 e. The quantitative estimate of drug-likeness (QED) is 0.852. The van der Waals surface area contributed by atoms with E-state index in [0.717, 1.165) is 16.7 Å². The van der Waals surface area contributed by atoms with Crippen molar-refractivity contribution in [3.63, 3.8) is 0 Å². The number of amides is 1. The molecule has 0 N–H and O–H groups in total. The first-order valence-corrected chi connectivity index (χ1v) is 7.56. The molecule has 4 nitrogen and oxygen atoms in total. The molecular formula is C19H18NO3-. The van der Waals surface area contributed by atoms with Gasteiger partial charge in [0.25, 0.3) is 5.91 Å². The molecule has 2 aromatic rings. The molecule has 0 saturated carbocycles. The van der Waals surface area contributed by atoms with Gasteiger partial charge in [-0.1, -0.05) is 42.0 Å². The van der Waals surface area contributed by atoms with Crippen molar-refractivity contribution in [2.45, 2.75) is 25.8 Å². The number of rotatable bonds is 2. The third-order valence-corrected chi connectivity index (χ3v) is 4.58. The number of likely N-dealkylation sites (N-methyl/N-ethyl adjacent to an activating group) is 1. The van der Waals surface area contributed by atoms with Crippen LogP contribution in [0.1, 0.15) is 44.6 Å². The number of nitrogens with zero attached hydrogens (tertiary/aromatic N) is 1. The zero-order valence-electron chi connectivity index (χ0n) is 13.4. The third kappa shape index (κ3) is 2.40. The van der Waals surface area contributed by atoms with E-state index in [4.69, 9.17) is 0 Å². The van der Waals surface area contributed by atoms with Crippen LogP contribution in [0, 0.1) is 13.8 Å². The van der Waals surface area contributed by atoms with Crippen LogP contribution < -0.4 is 5.11 Å². The molecule has 0 saturated heterocycles. The maximum atomic E-state index is 12.7. The highest BCUT2D eigenvalue weighted by Crippen LogP contribution is 2.42. The summed E-state index contributed by atoms with van der Waals surface area (Å²) in [5.41, 5.74) is 3.88. The summed E-state index contributed by atoms with van der Waals surface area (Å²) in [6.07, 6.45) is 0. The fraction of sp³-hybridized carbons (Fsp3) is 0.263. The van der Waals surface area contributed by atoms with Crippen molar-refractivity contribution in [1.29, 1.82) is 0 Å². The molecule has 0 aromatic heterocycles. The van der Waals surface area contributed by atoms with E-state index in [1.807, 2.05) is 32.0 Å². The van der Waals surface area contributed by atoms with Gasteiger partial charge in [0.1, 0.15) is 0 Å². The molecule has 0 bridgehead atoms. The first-order valence-electron chi connectivity index (χ1n) is 7.56. The predicted octanol–water partition coefficient (Wildman–Crippen LogP) is 1.96. The van der Waals surface area contributed by atoms with Gasteiger partial charge in [0.05, 0.1) is 12.0 Å². The maximum absolute atomic E-state index is 12.7. The molecule has 118 valence electrons. The topological polar surface area (TPSA) is 60.4 Å². The maximum Gasteiger partial charge on any atom is 0.254 e. The Bertz CT molecular complexity index is 797. The Labute approximate surface area is 135 Å². The Hall–Kier alpha value is -2.62. The van der Waals surface area contributed by atoms with Gasteiger partial charge in [-0.2, -0.15) is 0 Å². The number of benzene rings is 2. The summed E-state index contributed by atoms with van der Waals surface area (Å²) in [5.74, 6) is -2.21. The van der Waals surface area contributed by atoms with Gasteiger partial charge in [0.2, 0.25) is 0 Å². The van der Waals surface area contributed by atoms with Crippen molar-refractivity contribution >= 4 is 11.9 Å². The van der Waals surface area contributed by atoms with Crippen molar-refractivity contribution in [3.8, 4) is 0 Å². The van der Waals surface area contributed by atoms with E-state index in [1.54, 1.807) is 31.3 Å². The molecular weight excluding hydrogens is 290 g/mol. The average molecular weight is 308 g/mol. The summed E-state index contributed by atoms with van der Waals surface area (Å²) in [6, 6.07) is 12.2. The van der Waals surface area contributed by atoms with Gasteiger partial charge in [-0.05, 0) is 36.6 Å². The molecule has 0 radical (unpaired) electrons. The van der Waals surface area contributed by atoms with Gasteiger partial charge in [-0.15, -0.1) is 0 Å². The SMILES string of the molecule is Cc1ccc(C2C(C(=O)[O-])c3ccccc3C(=O)N2C)c(C)c1. The third-order valence-electron chi connectivity index (χ3n) is 4.58. The van der Waals surface area contributed by atoms with Crippen molar-refractivity contribution in [1.82, 2.24) is 4.90 Å². The van der Waals surface area contributed by atoms with E-state index in [1.165, 1.54) is 4.90 Å². The number of hydrogen-bond donors (Lipinski definition) is 0. The van der Waals surface area contributed by atoms with Gasteiger partial charge in [0.15, 0.2) is 0 Å². The van der Waals surface area contributed by atoms with Gasteiger partial charge < -0.3 is 14.8 Å². The van der Waals surface area contributed by atoms with Crippen molar-refractivity contribution in [3.05, 3.63) is 70.3 Å². The lowest BCUT2D eigenvalue weighted by molar-refractivity contribution is -0.309. The standard InChI is InChI=1S/C19H19NO3/c1-11-8-9-13(12(2)10-11)17-16(19(22)23)14-6-4-5-7-15(14)18(21)20(17)3/h4-10,16-17H,1-3H3,(H,22,23)/p-1. The number of carboxylic acid groups (broad SMARTS) is 1. The summed E-state index contributed by atoms with van der Waals surface area (Å²) in [5, 5.41) is 11.9. The second-order valence-electron chi connectivity index (χ2n) is 6.10. The van der Waals surface area contributed by atoms with Gasteiger partial charge in [-0.25, -0.2) is 0 Å². The number of aliphatic carboxylic acids is 1. The molecule has 1 heterocycles. The van der Waals surface area contributed by atoms with Crippen molar-refractivity contribution < 1.29 is 14.7 Å². The lowest BCUT2D eigenvalue weighted by atomic mass is 9.79. The van der Waals surface area contributed by atoms with Crippen molar-refractivity contribution in [2.75, 3.05) is 7.05 Å². The number of aryl methyl sites for hydroxylation is 2. The summed E-state index contributed by atoms with van der Waals surface area (Å²) in [7, 11) is 1.65. The highest BCUT2D eigenvalue weighted by atomic mass is 16.4. The highest BCUT2D eigenvalue weighted by Gasteiger charge is 2.39. The van der Waals surface area contributed by atoms with Crippen LogP contribution >= 0.6 is 0 Å². The normalized spacial score (nSPS) is 20.3. The second kappa shape index (κ2) is 5.54. The summed E-state index contributed by atoms with van der Waals surface area (Å²) in [4.78, 5) is 26.1. The molecule has 1 aliphatic heterocycles. The smallest absolute Gasteiger partial charge is 0.254 e. The van der Waals surface area contributed by atoms with E-state index in [-0.39, 0.29) is 5.91 Å². The monoisotopic (exact) mass is 308 g/mol. The van der Waals surface area contributed by atoms with Crippen LogP contribution in [0.15, 0.2) is 42.5 Å². The van der Waals surface area contributed by atoms with Gasteiger partial charge in [0, 0.05) is 18.5 Å². The van der Waals surface area contributed by atoms with E-state index in [0.29, 0.717) is 11.1 Å². The van der Waals surface area contributed by atoms with E-state index < -0.39 is 17.9 Å². The van der Waals surface area contributed by atoms with Crippen LogP contribution in [0.3, 0.4) is 0 Å². The Kier molecular flexibility index (Phi) is 3.68. The molecule has 2 unspecified atom stereocenters. The molecule has 0 spiro atoms. The minimum absolute atomic E-state index is 0.164. The lowest BCUT2D eigenvalue weighted by Crippen LogP contribution is -2.46. The van der Waals surface area contributed by atoms with Crippen LogP contribution in [0.5, 0.6) is 0 Å². The zero-order chi connectivity index (χ0) is 16.7. The minimum Gasteiger partial charge on any atom is -0.549 e. The Balaban J connectivity index is 2.23. The number of carbonyl (C=O) groups excluding carboxylic acids is 2. The van der Waals surface area contributed by atoms with Crippen LogP contribution in [0.4, 0.5) is 0 Å². The van der Waals surface area contributed by atoms with Crippen LogP contribution in [0.2, 0.25) is 0 Å². The molecule has 2 atom stereocenters. The second-order valence-corrected chi connectivity index (χ2v) is 6.10. The van der Waals surface area contributed by atoms with E-state index >= 15 is 0 Å². The summed E-state index contributed by atoms with van der Waals surface area (Å²) in [6.45, 7) is 3.92. The molecule has 0 fully saturated rings. The number of carboxylic acids is 1. The highest BCUT2D eigenvalue weighted by molar-refractivity contribution is 6.00. The van der Waals surface area contributed by atoms with E-state index in [9.17, 15) is 14.7 Å². The number of hydrogen-bond acceptors (Lipinski definition) is 3. The molecule has 23 heavy (non-hydrogen) atoms. The predicted molar refractivity (Wildman–Crippen MR) is 84.9 cm³/mol. The lowest BCUT2D eigenvalue weighted by Gasteiger charge is -2.41. The minimum atomic E-state index is -1.17. The summed E-state index contributed by atoms with van der Waals surface area (Å²) >= 11 is 0. The molecule has 3 rings (SSSR count). The van der Waals surface area contributed by atoms with Crippen LogP contribution in [0.25, 0.3) is 0 Å². The molecule has 4 heteroatoms. The summed E-state index contributed by atoms with van der Waals surface area (Å²) < 4.78 is 0. The van der Waals surface area contributed by atoms with Gasteiger partial charge >= 0.3 is 0 Å². The fourth-order valence-corrected chi connectivity index (χ4v) is 3.47. The van der Waals surface area contributed by atoms with Crippen LogP contribution in [-0.2, 0) is 4.79 Å².